The lowest BCUT2D eigenvalue weighted by Crippen LogP contribution is -2.29. The number of hydrogen-bond donors (Lipinski definition) is 0. The maximum atomic E-state index is 6.34. The molecule has 4 aliphatic rings. The van der Waals surface area contributed by atoms with E-state index in [9.17, 15) is 0 Å². The van der Waals surface area contributed by atoms with E-state index in [0.29, 0.717) is 0 Å². The molecular weight excluding hydrogens is 536 g/mol. The zero-order chi connectivity index (χ0) is 31.0. The van der Waals surface area contributed by atoms with Gasteiger partial charge in [0.15, 0.2) is 0 Å². The molecule has 0 aromatic rings. The first kappa shape index (κ1) is 36.8. The van der Waals surface area contributed by atoms with Crippen LogP contribution < -0.4 is 0 Å². The molecule has 0 bridgehead atoms. The van der Waals surface area contributed by atoms with Gasteiger partial charge in [-0.2, -0.15) is 0 Å². The molecule has 0 saturated heterocycles. The van der Waals surface area contributed by atoms with E-state index in [1.165, 1.54) is 167 Å². The molecule has 44 heavy (non-hydrogen) atoms. The van der Waals surface area contributed by atoms with Gasteiger partial charge in [0.1, 0.15) is 0 Å². The van der Waals surface area contributed by atoms with Gasteiger partial charge in [0.2, 0.25) is 0 Å². The molecule has 0 aromatic carbocycles. The maximum absolute atomic E-state index is 6.34. The van der Waals surface area contributed by atoms with Crippen LogP contribution in [0.4, 0.5) is 0 Å². The van der Waals surface area contributed by atoms with E-state index in [4.69, 9.17) is 9.47 Å². The van der Waals surface area contributed by atoms with Crippen LogP contribution in [0.5, 0.6) is 0 Å². The van der Waals surface area contributed by atoms with E-state index in [1.54, 1.807) is 0 Å². The highest BCUT2D eigenvalue weighted by atomic mass is 16.5. The summed E-state index contributed by atoms with van der Waals surface area (Å²) in [6.45, 7) is 11.0. The molecule has 4 rings (SSSR count). The third-order valence-electron chi connectivity index (χ3n) is 13.8. The third-order valence-corrected chi connectivity index (χ3v) is 13.8. The summed E-state index contributed by atoms with van der Waals surface area (Å²) in [5.41, 5.74) is 0. The van der Waals surface area contributed by atoms with Crippen molar-refractivity contribution in [3.63, 3.8) is 0 Å². The molecule has 2 nitrogen and oxygen atoms in total. The van der Waals surface area contributed by atoms with Crippen molar-refractivity contribution in [1.82, 2.24) is 0 Å². The zero-order valence-electron chi connectivity index (χ0n) is 30.4. The molecule has 2 atom stereocenters. The van der Waals surface area contributed by atoms with E-state index in [-0.39, 0.29) is 12.2 Å². The molecule has 258 valence electrons. The predicted molar refractivity (Wildman–Crippen MR) is 190 cm³/mol. The summed E-state index contributed by atoms with van der Waals surface area (Å²) >= 11 is 0. The smallest absolute Gasteiger partial charge is 0.0805 e. The Hall–Kier alpha value is -0.0800. The lowest BCUT2D eigenvalue weighted by Gasteiger charge is -2.38. The van der Waals surface area contributed by atoms with Gasteiger partial charge in [-0.1, -0.05) is 117 Å². The van der Waals surface area contributed by atoms with Crippen molar-refractivity contribution >= 4 is 0 Å². The molecule has 0 spiro atoms. The van der Waals surface area contributed by atoms with Gasteiger partial charge in [0.25, 0.3) is 0 Å². The van der Waals surface area contributed by atoms with Crippen LogP contribution in [0.25, 0.3) is 0 Å². The Morgan fingerprint density at radius 1 is 0.386 bits per heavy atom. The van der Waals surface area contributed by atoms with Gasteiger partial charge in [0, 0.05) is 13.2 Å². The van der Waals surface area contributed by atoms with Crippen molar-refractivity contribution in [3.05, 3.63) is 0 Å². The minimum Gasteiger partial charge on any atom is -0.376 e. The van der Waals surface area contributed by atoms with Gasteiger partial charge >= 0.3 is 0 Å². The lowest BCUT2D eigenvalue weighted by atomic mass is 9.68. The van der Waals surface area contributed by atoms with Crippen LogP contribution in [0.3, 0.4) is 0 Å². The van der Waals surface area contributed by atoms with Crippen LogP contribution in [0.15, 0.2) is 0 Å². The normalized spacial score (nSPS) is 34.9. The average molecular weight is 615 g/mol. The Morgan fingerprint density at radius 3 is 0.932 bits per heavy atom. The van der Waals surface area contributed by atoms with Gasteiger partial charge in [-0.25, -0.2) is 0 Å². The Labute approximate surface area is 276 Å². The molecule has 2 heteroatoms. The molecule has 4 fully saturated rings. The first-order valence-corrected chi connectivity index (χ1v) is 20.8. The highest BCUT2D eigenvalue weighted by Crippen LogP contribution is 2.44. The Bertz CT molecular complexity index is 629. The number of rotatable bonds is 19. The molecule has 0 heterocycles. The lowest BCUT2D eigenvalue weighted by molar-refractivity contribution is -0.0635. The second kappa shape index (κ2) is 21.0. The summed E-state index contributed by atoms with van der Waals surface area (Å²) in [6.07, 6.45) is 38.6. The fourth-order valence-electron chi connectivity index (χ4n) is 10.3. The SMILES string of the molecule is CCCCCC1CCC(C2CCC(CCOC(C)C(C)OCCC3CCC(C4CCC(CCCCC)CC4)CC3)CC2)CC1. The van der Waals surface area contributed by atoms with E-state index < -0.39 is 0 Å². The van der Waals surface area contributed by atoms with Crippen molar-refractivity contribution in [3.8, 4) is 0 Å². The first-order valence-electron chi connectivity index (χ1n) is 20.8. The van der Waals surface area contributed by atoms with Crippen molar-refractivity contribution in [1.29, 1.82) is 0 Å². The molecule has 0 aliphatic heterocycles. The number of ether oxygens (including phenoxy) is 2. The van der Waals surface area contributed by atoms with Crippen LogP contribution in [0, 0.1) is 47.3 Å². The third kappa shape index (κ3) is 12.8. The van der Waals surface area contributed by atoms with Crippen LogP contribution in [-0.4, -0.2) is 25.4 Å². The van der Waals surface area contributed by atoms with Crippen molar-refractivity contribution in [2.75, 3.05) is 13.2 Å². The van der Waals surface area contributed by atoms with Gasteiger partial charge in [-0.3, -0.25) is 0 Å². The fraction of sp³-hybridized carbons (Fsp3) is 1.00. The maximum Gasteiger partial charge on any atom is 0.0805 e. The average Bonchev–Trinajstić information content (AvgIpc) is 3.06. The molecule has 4 aliphatic carbocycles. The highest BCUT2D eigenvalue weighted by Gasteiger charge is 2.32. The Morgan fingerprint density at radius 2 is 0.659 bits per heavy atom. The summed E-state index contributed by atoms with van der Waals surface area (Å²) in [4.78, 5) is 0. The number of unbranched alkanes of at least 4 members (excludes halogenated alkanes) is 4. The van der Waals surface area contributed by atoms with Crippen LogP contribution in [0.2, 0.25) is 0 Å². The van der Waals surface area contributed by atoms with Gasteiger partial charge in [0.05, 0.1) is 12.2 Å². The molecular formula is C42H78O2. The highest BCUT2D eigenvalue weighted by molar-refractivity contribution is 4.84. The van der Waals surface area contributed by atoms with Gasteiger partial charge < -0.3 is 9.47 Å². The molecule has 4 saturated carbocycles. The molecule has 0 aromatic heterocycles. The van der Waals surface area contributed by atoms with Gasteiger partial charge in [-0.15, -0.1) is 0 Å². The molecule has 0 amide bonds. The molecule has 0 radical (unpaired) electrons. The standard InChI is InChI=1S/C42H78O2/c1-5-7-9-11-35-13-21-39(22-14-35)41-25-17-37(18-26-41)29-31-43-33(3)34(4)44-32-30-38-19-27-42(28-20-38)40-23-15-36(16-24-40)12-10-8-6-2/h33-42H,5-32H2,1-4H3. The van der Waals surface area contributed by atoms with Crippen LogP contribution >= 0.6 is 0 Å². The summed E-state index contributed by atoms with van der Waals surface area (Å²) in [5.74, 6) is 8.07. The topological polar surface area (TPSA) is 18.5 Å². The van der Waals surface area contributed by atoms with E-state index in [2.05, 4.69) is 27.7 Å². The molecule has 0 N–H and O–H groups in total. The van der Waals surface area contributed by atoms with E-state index in [0.717, 1.165) is 60.6 Å². The van der Waals surface area contributed by atoms with E-state index in [1.807, 2.05) is 0 Å². The largest absolute Gasteiger partial charge is 0.376 e. The quantitative estimate of drug-likeness (QED) is 0.135. The van der Waals surface area contributed by atoms with Crippen molar-refractivity contribution < 1.29 is 9.47 Å². The predicted octanol–water partition coefficient (Wildman–Crippen LogP) is 13.0. The minimum absolute atomic E-state index is 0.215. The second-order valence-electron chi connectivity index (χ2n) is 16.8. The van der Waals surface area contributed by atoms with Gasteiger partial charge in [-0.05, 0) is 125 Å². The Balaban J connectivity index is 0.979. The monoisotopic (exact) mass is 615 g/mol. The summed E-state index contributed by atoms with van der Waals surface area (Å²) in [6, 6.07) is 0. The second-order valence-corrected chi connectivity index (χ2v) is 16.8. The van der Waals surface area contributed by atoms with Crippen molar-refractivity contribution in [2.45, 2.75) is 207 Å². The first-order chi connectivity index (χ1) is 21.6. The Kier molecular flexibility index (Phi) is 17.5. The zero-order valence-corrected chi connectivity index (χ0v) is 30.4. The summed E-state index contributed by atoms with van der Waals surface area (Å²) in [5, 5.41) is 0. The summed E-state index contributed by atoms with van der Waals surface area (Å²) < 4.78 is 12.7. The van der Waals surface area contributed by atoms with Crippen LogP contribution in [-0.2, 0) is 9.47 Å². The van der Waals surface area contributed by atoms with Crippen LogP contribution in [0.1, 0.15) is 195 Å². The molecule has 2 unspecified atom stereocenters. The summed E-state index contributed by atoms with van der Waals surface area (Å²) in [7, 11) is 0. The minimum atomic E-state index is 0.215. The fourth-order valence-corrected chi connectivity index (χ4v) is 10.3. The number of hydrogen-bond acceptors (Lipinski definition) is 2. The van der Waals surface area contributed by atoms with E-state index >= 15 is 0 Å². The van der Waals surface area contributed by atoms with Crippen molar-refractivity contribution in [2.24, 2.45) is 47.3 Å².